The third-order valence-electron chi connectivity index (χ3n) is 2.89. The fourth-order valence-electron chi connectivity index (χ4n) is 1.93. The van der Waals surface area contributed by atoms with Crippen LogP contribution in [0.4, 0.5) is 5.82 Å². The normalized spacial score (nSPS) is 10.6. The molecule has 0 atom stereocenters. The molecule has 0 aliphatic carbocycles. The highest BCUT2D eigenvalue weighted by atomic mass is 16.5. The quantitative estimate of drug-likeness (QED) is 0.878. The highest BCUT2D eigenvalue weighted by Gasteiger charge is 2.06. The molecule has 0 bridgehead atoms. The molecule has 2 aromatic rings. The minimum Gasteiger partial charge on any atom is -0.494 e. The topological polar surface area (TPSA) is 53.1 Å². The third kappa shape index (κ3) is 2.83. The third-order valence-corrected chi connectivity index (χ3v) is 2.89. The molecule has 18 heavy (non-hydrogen) atoms. The van der Waals surface area contributed by atoms with Crippen LogP contribution in [0, 0.1) is 0 Å². The molecule has 0 aliphatic rings. The van der Waals surface area contributed by atoms with E-state index in [4.69, 9.17) is 10.5 Å². The van der Waals surface area contributed by atoms with E-state index >= 15 is 0 Å². The number of anilines is 1. The van der Waals surface area contributed by atoms with E-state index in [0.717, 1.165) is 24.3 Å². The van der Waals surface area contributed by atoms with Crippen LogP contribution in [0.5, 0.6) is 5.75 Å². The first-order chi connectivity index (χ1) is 8.70. The number of nitrogen functional groups attached to an aromatic ring is 1. The van der Waals surface area contributed by atoms with Crippen molar-refractivity contribution >= 4 is 5.82 Å². The molecule has 0 radical (unpaired) electrons. The van der Waals surface area contributed by atoms with E-state index in [1.165, 1.54) is 5.56 Å². The van der Waals surface area contributed by atoms with E-state index in [2.05, 4.69) is 11.2 Å². The van der Waals surface area contributed by atoms with Gasteiger partial charge in [0.05, 0.1) is 12.3 Å². The summed E-state index contributed by atoms with van der Waals surface area (Å²) >= 11 is 0. The molecule has 4 heteroatoms. The number of ether oxygens (including phenoxy) is 1. The molecular formula is C14H19N3O. The number of aryl methyl sites for hydroxylation is 3. The first kappa shape index (κ1) is 12.5. The summed E-state index contributed by atoms with van der Waals surface area (Å²) in [5, 5.41) is 4.35. The number of rotatable bonds is 5. The second-order valence-corrected chi connectivity index (χ2v) is 4.22. The van der Waals surface area contributed by atoms with Gasteiger partial charge in [-0.3, -0.25) is 4.68 Å². The van der Waals surface area contributed by atoms with Crippen LogP contribution in [0.1, 0.15) is 18.2 Å². The van der Waals surface area contributed by atoms with E-state index in [9.17, 15) is 0 Å². The Morgan fingerprint density at radius 2 is 2.06 bits per heavy atom. The molecule has 2 rings (SSSR count). The van der Waals surface area contributed by atoms with Gasteiger partial charge in [0.15, 0.2) is 0 Å². The van der Waals surface area contributed by atoms with Crippen LogP contribution in [0.25, 0.3) is 0 Å². The van der Waals surface area contributed by atoms with Crippen molar-refractivity contribution in [2.24, 2.45) is 7.05 Å². The van der Waals surface area contributed by atoms with E-state index in [1.54, 1.807) is 4.68 Å². The zero-order valence-corrected chi connectivity index (χ0v) is 10.9. The van der Waals surface area contributed by atoms with Gasteiger partial charge < -0.3 is 10.5 Å². The average Bonchev–Trinajstić information content (AvgIpc) is 2.68. The van der Waals surface area contributed by atoms with Crippen molar-refractivity contribution in [2.75, 3.05) is 12.3 Å². The van der Waals surface area contributed by atoms with Crippen LogP contribution < -0.4 is 10.5 Å². The molecular weight excluding hydrogens is 226 g/mol. The first-order valence-corrected chi connectivity index (χ1v) is 6.19. The van der Waals surface area contributed by atoms with Crippen LogP contribution in [0.15, 0.2) is 30.3 Å². The van der Waals surface area contributed by atoms with Gasteiger partial charge in [-0.1, -0.05) is 18.2 Å². The summed E-state index contributed by atoms with van der Waals surface area (Å²) in [5.74, 6) is 1.66. The van der Waals surface area contributed by atoms with Gasteiger partial charge in [0.1, 0.15) is 11.6 Å². The summed E-state index contributed by atoms with van der Waals surface area (Å²) in [6.07, 6.45) is 1.78. The minimum absolute atomic E-state index is 0.688. The molecule has 0 unspecified atom stereocenters. The van der Waals surface area contributed by atoms with Gasteiger partial charge in [-0.2, -0.15) is 5.10 Å². The lowest BCUT2D eigenvalue weighted by Crippen LogP contribution is -2.00. The zero-order valence-electron chi connectivity index (χ0n) is 10.9. The fourth-order valence-corrected chi connectivity index (χ4v) is 1.93. The maximum absolute atomic E-state index is 5.76. The van der Waals surface area contributed by atoms with Gasteiger partial charge in [-0.05, 0) is 31.4 Å². The van der Waals surface area contributed by atoms with Crippen LogP contribution in [0.2, 0.25) is 0 Å². The second kappa shape index (κ2) is 5.58. The number of hydrogen-bond acceptors (Lipinski definition) is 3. The van der Waals surface area contributed by atoms with Gasteiger partial charge in [-0.25, -0.2) is 0 Å². The molecule has 0 saturated heterocycles. The number of nitrogens with zero attached hydrogens (tertiary/aromatic N) is 2. The second-order valence-electron chi connectivity index (χ2n) is 4.22. The van der Waals surface area contributed by atoms with Crippen LogP contribution >= 0.6 is 0 Å². The molecule has 96 valence electrons. The van der Waals surface area contributed by atoms with E-state index < -0.39 is 0 Å². The summed E-state index contributed by atoms with van der Waals surface area (Å²) in [5.41, 5.74) is 7.99. The molecule has 2 N–H and O–H groups in total. The highest BCUT2D eigenvalue weighted by molar-refractivity contribution is 5.35. The number of hydrogen-bond donors (Lipinski definition) is 1. The average molecular weight is 245 g/mol. The van der Waals surface area contributed by atoms with E-state index in [1.807, 2.05) is 38.2 Å². The molecule has 0 spiro atoms. The Morgan fingerprint density at radius 3 is 2.72 bits per heavy atom. The fraction of sp³-hybridized carbons (Fsp3) is 0.357. The largest absolute Gasteiger partial charge is 0.494 e. The highest BCUT2D eigenvalue weighted by Crippen LogP contribution is 2.20. The van der Waals surface area contributed by atoms with Gasteiger partial charge in [0.25, 0.3) is 0 Å². The van der Waals surface area contributed by atoms with Crippen molar-refractivity contribution in [2.45, 2.75) is 19.8 Å². The minimum atomic E-state index is 0.688. The Balaban J connectivity index is 2.05. The van der Waals surface area contributed by atoms with Crippen molar-refractivity contribution in [1.29, 1.82) is 0 Å². The lowest BCUT2D eigenvalue weighted by molar-refractivity contribution is 0.336. The van der Waals surface area contributed by atoms with E-state index in [-0.39, 0.29) is 0 Å². The summed E-state index contributed by atoms with van der Waals surface area (Å²) in [6, 6.07) is 10.0. The lowest BCUT2D eigenvalue weighted by atomic mass is 10.1. The van der Waals surface area contributed by atoms with Crippen molar-refractivity contribution in [3.05, 3.63) is 41.6 Å². The van der Waals surface area contributed by atoms with Crippen molar-refractivity contribution in [3.63, 3.8) is 0 Å². The van der Waals surface area contributed by atoms with Crippen LogP contribution in [-0.4, -0.2) is 16.4 Å². The first-order valence-electron chi connectivity index (χ1n) is 6.19. The molecule has 1 aromatic heterocycles. The Labute approximate surface area is 107 Å². The van der Waals surface area contributed by atoms with Gasteiger partial charge in [0.2, 0.25) is 0 Å². The van der Waals surface area contributed by atoms with Crippen LogP contribution in [-0.2, 0) is 19.9 Å². The molecule has 0 aliphatic heterocycles. The van der Waals surface area contributed by atoms with Crippen molar-refractivity contribution < 1.29 is 4.74 Å². The molecule has 0 amide bonds. The summed E-state index contributed by atoms with van der Waals surface area (Å²) in [4.78, 5) is 0. The van der Waals surface area contributed by atoms with Gasteiger partial charge in [-0.15, -0.1) is 0 Å². The molecule has 0 fully saturated rings. The summed E-state index contributed by atoms with van der Waals surface area (Å²) in [7, 11) is 1.85. The molecule has 4 nitrogen and oxygen atoms in total. The summed E-state index contributed by atoms with van der Waals surface area (Å²) < 4.78 is 7.30. The number of para-hydroxylation sites is 1. The van der Waals surface area contributed by atoms with Crippen molar-refractivity contribution in [1.82, 2.24) is 9.78 Å². The number of benzene rings is 1. The van der Waals surface area contributed by atoms with Crippen LogP contribution in [0.3, 0.4) is 0 Å². The Kier molecular flexibility index (Phi) is 3.87. The monoisotopic (exact) mass is 245 g/mol. The van der Waals surface area contributed by atoms with Crippen molar-refractivity contribution in [3.8, 4) is 5.75 Å². The lowest BCUT2D eigenvalue weighted by Gasteiger charge is -2.08. The molecule has 1 heterocycles. The van der Waals surface area contributed by atoms with Gasteiger partial charge in [0, 0.05) is 13.1 Å². The Morgan fingerprint density at radius 1 is 1.28 bits per heavy atom. The maximum Gasteiger partial charge on any atom is 0.122 e. The SMILES string of the molecule is CCOc1ccccc1CCc1cc(N)n(C)n1. The standard InChI is InChI=1S/C14H19N3O/c1-3-18-13-7-5-4-6-11(13)8-9-12-10-14(15)17(2)16-12/h4-7,10H,3,8-9,15H2,1-2H3. The molecule has 0 saturated carbocycles. The summed E-state index contributed by atoms with van der Waals surface area (Å²) in [6.45, 7) is 2.68. The predicted octanol–water partition coefficient (Wildman–Crippen LogP) is 2.19. The predicted molar refractivity (Wildman–Crippen MR) is 72.6 cm³/mol. The maximum atomic E-state index is 5.76. The van der Waals surface area contributed by atoms with E-state index in [0.29, 0.717) is 12.4 Å². The zero-order chi connectivity index (χ0) is 13.0. The van der Waals surface area contributed by atoms with Gasteiger partial charge >= 0.3 is 0 Å². The molecule has 1 aromatic carbocycles. The Bertz CT molecular complexity index is 500. The number of nitrogens with two attached hydrogens (primary N) is 1. The smallest absolute Gasteiger partial charge is 0.122 e. The number of aromatic nitrogens is 2. The Hall–Kier alpha value is -1.97.